The number of nitrogens with one attached hydrogen (secondary N) is 1. The topological polar surface area (TPSA) is 64.9 Å². The molecule has 0 saturated carbocycles. The number of allylic oxidation sites excluding steroid dienone is 1. The van der Waals surface area contributed by atoms with Crippen LogP contribution in [0.15, 0.2) is 85.2 Å². The molecule has 0 atom stereocenters. The Morgan fingerprint density at radius 1 is 0.967 bits per heavy atom. The second kappa shape index (κ2) is 8.53. The summed E-state index contributed by atoms with van der Waals surface area (Å²) in [5.41, 5.74) is 3.52. The predicted octanol–water partition coefficient (Wildman–Crippen LogP) is 4.83. The van der Waals surface area contributed by atoms with Gasteiger partial charge < -0.3 is 14.8 Å². The molecule has 0 bridgehead atoms. The first kappa shape index (κ1) is 19.3. The summed E-state index contributed by atoms with van der Waals surface area (Å²) in [5.74, 6) is 1.16. The predicted molar refractivity (Wildman–Crippen MR) is 117 cm³/mol. The first-order valence-electron chi connectivity index (χ1n) is 9.42. The molecule has 1 N–H and O–H groups in total. The van der Waals surface area contributed by atoms with Crippen LogP contribution in [0.2, 0.25) is 0 Å². The van der Waals surface area contributed by atoms with Gasteiger partial charge in [0.1, 0.15) is 28.5 Å². The molecule has 4 aromatic rings. The van der Waals surface area contributed by atoms with E-state index in [0.29, 0.717) is 22.9 Å². The molecule has 150 valence electrons. The highest BCUT2D eigenvalue weighted by molar-refractivity contribution is 6.08. The zero-order chi connectivity index (χ0) is 20.9. The highest BCUT2D eigenvalue weighted by atomic mass is 16.5. The van der Waals surface area contributed by atoms with Crippen LogP contribution in [0.1, 0.15) is 10.5 Å². The molecular formula is C24H21N3O3. The van der Waals surface area contributed by atoms with Gasteiger partial charge in [-0.2, -0.15) is 0 Å². The number of anilines is 1. The van der Waals surface area contributed by atoms with Crippen LogP contribution in [0.25, 0.3) is 16.9 Å². The summed E-state index contributed by atoms with van der Waals surface area (Å²) >= 11 is 0. The maximum absolute atomic E-state index is 13.1. The van der Waals surface area contributed by atoms with Gasteiger partial charge in [0.25, 0.3) is 0 Å². The molecule has 0 spiro atoms. The van der Waals surface area contributed by atoms with E-state index in [0.717, 1.165) is 16.9 Å². The van der Waals surface area contributed by atoms with Crippen molar-refractivity contribution in [3.8, 4) is 22.8 Å². The van der Waals surface area contributed by atoms with Gasteiger partial charge in [-0.05, 0) is 12.1 Å². The molecule has 0 aliphatic rings. The van der Waals surface area contributed by atoms with Crippen molar-refractivity contribution in [2.24, 2.45) is 0 Å². The second-order valence-electron chi connectivity index (χ2n) is 6.55. The molecular weight excluding hydrogens is 378 g/mol. The van der Waals surface area contributed by atoms with Crippen LogP contribution in [0.4, 0.5) is 5.69 Å². The van der Waals surface area contributed by atoms with E-state index >= 15 is 0 Å². The van der Waals surface area contributed by atoms with Crippen LogP contribution in [-0.2, 0) is 0 Å². The van der Waals surface area contributed by atoms with Crippen molar-refractivity contribution in [3.05, 3.63) is 90.9 Å². The maximum atomic E-state index is 13.1. The average Bonchev–Trinajstić information content (AvgIpc) is 3.19. The normalized spacial score (nSPS) is 11.0. The number of pyridine rings is 1. The fourth-order valence-electron chi connectivity index (χ4n) is 3.21. The Morgan fingerprint density at radius 3 is 2.37 bits per heavy atom. The summed E-state index contributed by atoms with van der Waals surface area (Å²) in [4.78, 5) is 17.8. The van der Waals surface area contributed by atoms with Gasteiger partial charge in [0, 0.05) is 47.9 Å². The Kier molecular flexibility index (Phi) is 5.48. The number of benzene rings is 2. The van der Waals surface area contributed by atoms with Crippen LogP contribution in [0.3, 0.4) is 0 Å². The van der Waals surface area contributed by atoms with Gasteiger partial charge >= 0.3 is 0 Å². The smallest absolute Gasteiger partial charge is 0.206 e. The largest absolute Gasteiger partial charge is 0.497 e. The van der Waals surface area contributed by atoms with Gasteiger partial charge in [0.05, 0.1) is 14.2 Å². The minimum Gasteiger partial charge on any atom is -0.497 e. The summed E-state index contributed by atoms with van der Waals surface area (Å²) in [5, 5.41) is 3.10. The third-order valence-corrected chi connectivity index (χ3v) is 4.65. The fourth-order valence-corrected chi connectivity index (χ4v) is 3.21. The highest BCUT2D eigenvalue weighted by Gasteiger charge is 2.18. The third kappa shape index (κ3) is 3.89. The van der Waals surface area contributed by atoms with Gasteiger partial charge in [-0.1, -0.05) is 36.4 Å². The van der Waals surface area contributed by atoms with Crippen molar-refractivity contribution in [2.45, 2.75) is 0 Å². The molecule has 2 aromatic heterocycles. The van der Waals surface area contributed by atoms with E-state index in [-0.39, 0.29) is 5.78 Å². The standard InChI is InChI=1S/C24H21N3O3/c1-29-19-14-18(15-20(16-19)30-2)25-12-11-21(28)24-23(17-8-4-3-5-9-17)26-22-10-6-7-13-27(22)24/h3-16,25H,1-2H3/b12-11-. The van der Waals surface area contributed by atoms with Gasteiger partial charge in [-0.25, -0.2) is 4.98 Å². The monoisotopic (exact) mass is 399 g/mol. The number of ether oxygens (including phenoxy) is 2. The Morgan fingerprint density at radius 2 is 1.67 bits per heavy atom. The van der Waals surface area contributed by atoms with Crippen molar-refractivity contribution in [1.82, 2.24) is 9.38 Å². The van der Waals surface area contributed by atoms with Crippen molar-refractivity contribution >= 4 is 17.1 Å². The first-order valence-corrected chi connectivity index (χ1v) is 9.42. The van der Waals surface area contributed by atoms with Gasteiger partial charge in [0.2, 0.25) is 5.78 Å². The lowest BCUT2D eigenvalue weighted by Crippen LogP contribution is -2.03. The molecule has 0 radical (unpaired) electrons. The fraction of sp³-hybridized carbons (Fsp3) is 0.0833. The second-order valence-corrected chi connectivity index (χ2v) is 6.55. The lowest BCUT2D eigenvalue weighted by Gasteiger charge is -2.08. The van der Waals surface area contributed by atoms with E-state index in [1.54, 1.807) is 26.5 Å². The number of fused-ring (bicyclic) bond motifs is 1. The van der Waals surface area contributed by atoms with Crippen LogP contribution in [0.5, 0.6) is 11.5 Å². The molecule has 6 nitrogen and oxygen atoms in total. The number of carbonyl (C=O) groups is 1. The first-order chi connectivity index (χ1) is 14.7. The number of aromatic nitrogens is 2. The van der Waals surface area contributed by atoms with E-state index < -0.39 is 0 Å². The molecule has 0 unspecified atom stereocenters. The number of imidazole rings is 1. The van der Waals surface area contributed by atoms with Crippen molar-refractivity contribution in [1.29, 1.82) is 0 Å². The van der Waals surface area contributed by atoms with Crippen LogP contribution < -0.4 is 14.8 Å². The average molecular weight is 399 g/mol. The van der Waals surface area contributed by atoms with Gasteiger partial charge in [-0.15, -0.1) is 0 Å². The summed E-state index contributed by atoms with van der Waals surface area (Å²) in [6, 6.07) is 20.8. The zero-order valence-corrected chi connectivity index (χ0v) is 16.7. The number of carbonyl (C=O) groups excluding carboxylic acids is 1. The molecule has 0 aliphatic heterocycles. The Bertz CT molecular complexity index is 1190. The van der Waals surface area contributed by atoms with Crippen LogP contribution in [-0.4, -0.2) is 29.4 Å². The SMILES string of the molecule is COc1cc(N/C=C\C(=O)c2c(-c3ccccc3)nc3ccccn23)cc(OC)c1. The minimum atomic E-state index is -0.157. The lowest BCUT2D eigenvalue weighted by atomic mass is 10.1. The van der Waals surface area contributed by atoms with Gasteiger partial charge in [-0.3, -0.25) is 9.20 Å². The number of rotatable bonds is 7. The molecule has 4 rings (SSSR count). The number of hydrogen-bond acceptors (Lipinski definition) is 5. The number of methoxy groups -OCH3 is 2. The lowest BCUT2D eigenvalue weighted by molar-refractivity contribution is 0.104. The summed E-state index contributed by atoms with van der Waals surface area (Å²) in [6.07, 6.45) is 4.94. The highest BCUT2D eigenvalue weighted by Crippen LogP contribution is 2.27. The van der Waals surface area contributed by atoms with Crippen molar-refractivity contribution < 1.29 is 14.3 Å². The minimum absolute atomic E-state index is 0.157. The summed E-state index contributed by atoms with van der Waals surface area (Å²) in [7, 11) is 3.18. The van der Waals surface area contributed by atoms with Crippen molar-refractivity contribution in [3.63, 3.8) is 0 Å². The quantitative estimate of drug-likeness (QED) is 0.356. The summed E-state index contributed by atoms with van der Waals surface area (Å²) in [6.45, 7) is 0. The maximum Gasteiger partial charge on any atom is 0.206 e. The third-order valence-electron chi connectivity index (χ3n) is 4.65. The molecule has 6 heteroatoms. The van der Waals surface area contributed by atoms with Gasteiger partial charge in [0.15, 0.2) is 0 Å². The summed E-state index contributed by atoms with van der Waals surface area (Å²) < 4.78 is 12.4. The zero-order valence-electron chi connectivity index (χ0n) is 16.7. The Labute approximate surface area is 174 Å². The van der Waals surface area contributed by atoms with E-state index in [4.69, 9.17) is 9.47 Å². The van der Waals surface area contributed by atoms with E-state index in [9.17, 15) is 4.79 Å². The molecule has 2 aromatic carbocycles. The van der Waals surface area contributed by atoms with E-state index in [1.807, 2.05) is 71.3 Å². The van der Waals surface area contributed by atoms with Crippen molar-refractivity contribution in [2.75, 3.05) is 19.5 Å². The molecule has 0 fully saturated rings. The number of ketones is 1. The van der Waals surface area contributed by atoms with Crippen LogP contribution in [0, 0.1) is 0 Å². The Hall–Kier alpha value is -4.06. The number of nitrogens with zero attached hydrogens (tertiary/aromatic N) is 2. The van der Waals surface area contributed by atoms with E-state index in [1.165, 1.54) is 6.08 Å². The molecule has 0 amide bonds. The van der Waals surface area contributed by atoms with Crippen LogP contribution >= 0.6 is 0 Å². The number of hydrogen-bond donors (Lipinski definition) is 1. The van der Waals surface area contributed by atoms with E-state index in [2.05, 4.69) is 10.3 Å². The molecule has 30 heavy (non-hydrogen) atoms. The Balaban J connectivity index is 1.65. The molecule has 2 heterocycles. The molecule has 0 saturated heterocycles. The molecule has 0 aliphatic carbocycles.